The lowest BCUT2D eigenvalue weighted by molar-refractivity contribution is -0.124. The molecule has 3 aromatic heterocycles. The zero-order chi connectivity index (χ0) is 20.0. The highest BCUT2D eigenvalue weighted by Gasteiger charge is 2.45. The number of aromatic nitrogens is 4. The van der Waals surface area contributed by atoms with E-state index >= 15 is 0 Å². The van der Waals surface area contributed by atoms with Crippen LogP contribution in [0.4, 0.5) is 5.82 Å². The number of hydrogen-bond donors (Lipinski definition) is 1. The molecule has 0 unspecified atom stereocenters. The number of pyridine rings is 1. The first-order chi connectivity index (χ1) is 14.0. The lowest BCUT2D eigenvalue weighted by Gasteiger charge is -2.37. The number of rotatable bonds is 1. The largest absolute Gasteiger partial charge is 0.357 e. The lowest BCUT2D eigenvalue weighted by Crippen LogP contribution is -2.49. The number of piperidine rings is 1. The number of amidine groups is 1. The van der Waals surface area contributed by atoms with Crippen LogP contribution < -0.4 is 10.2 Å². The minimum absolute atomic E-state index is 0.0264. The molecule has 1 N–H and O–H groups in total. The molecule has 5 rings (SSSR count). The maximum Gasteiger partial charge on any atom is 0.253 e. The number of aryl methyl sites for hydroxylation is 1. The molecule has 8 nitrogen and oxygen atoms in total. The summed E-state index contributed by atoms with van der Waals surface area (Å²) in [4.78, 5) is 23.8. The summed E-state index contributed by atoms with van der Waals surface area (Å²) in [5.41, 5.74) is 1.94. The van der Waals surface area contributed by atoms with E-state index < -0.39 is 5.54 Å². The number of carbonyl (C=O) groups excluding carboxylic acids is 1. The number of imidazole rings is 1. The Morgan fingerprint density at radius 1 is 1.17 bits per heavy atom. The van der Waals surface area contributed by atoms with E-state index in [2.05, 4.69) is 47.6 Å². The Balaban J connectivity index is 1.46. The molecule has 2 aliphatic heterocycles. The van der Waals surface area contributed by atoms with Gasteiger partial charge in [-0.05, 0) is 37.8 Å². The highest BCUT2D eigenvalue weighted by molar-refractivity contribution is 6.07. The number of aliphatic imine (C=N–C) groups is 1. The molecular weight excluding hydrogens is 366 g/mol. The maximum atomic E-state index is 12.4. The Labute approximate surface area is 168 Å². The molecule has 1 fully saturated rings. The normalized spacial score (nSPS) is 17.9. The van der Waals surface area contributed by atoms with Gasteiger partial charge in [-0.3, -0.25) is 18.9 Å². The Morgan fingerprint density at radius 3 is 2.69 bits per heavy atom. The predicted molar refractivity (Wildman–Crippen MR) is 110 cm³/mol. The van der Waals surface area contributed by atoms with Gasteiger partial charge in [-0.15, -0.1) is 0 Å². The summed E-state index contributed by atoms with van der Waals surface area (Å²) >= 11 is 0. The first kappa shape index (κ1) is 17.5. The monoisotopic (exact) mass is 387 g/mol. The predicted octanol–water partition coefficient (Wildman–Crippen LogP) is 1.35. The SMILES string of the molecule is CC1=NC2(CCN(c3cccc4ncc(C#Cc5cnn(C)c5)n34)CC2)C(=O)N1. The summed E-state index contributed by atoms with van der Waals surface area (Å²) in [5, 5.41) is 7.01. The second kappa shape index (κ2) is 6.48. The molecule has 29 heavy (non-hydrogen) atoms. The van der Waals surface area contributed by atoms with E-state index in [0.29, 0.717) is 18.7 Å². The first-order valence-corrected chi connectivity index (χ1v) is 9.64. The van der Waals surface area contributed by atoms with Crippen LogP contribution in [0, 0.1) is 11.8 Å². The highest BCUT2D eigenvalue weighted by Crippen LogP contribution is 2.32. The summed E-state index contributed by atoms with van der Waals surface area (Å²) < 4.78 is 3.81. The fourth-order valence-electron chi connectivity index (χ4n) is 4.10. The van der Waals surface area contributed by atoms with Crippen molar-refractivity contribution in [1.29, 1.82) is 0 Å². The molecule has 0 atom stereocenters. The quantitative estimate of drug-likeness (QED) is 0.640. The van der Waals surface area contributed by atoms with Gasteiger partial charge in [0.1, 0.15) is 28.5 Å². The van der Waals surface area contributed by atoms with E-state index in [-0.39, 0.29) is 5.91 Å². The number of anilines is 1. The molecule has 0 saturated carbocycles. The van der Waals surface area contributed by atoms with Crippen LogP contribution in [0.2, 0.25) is 0 Å². The van der Waals surface area contributed by atoms with Crippen LogP contribution in [0.25, 0.3) is 5.65 Å². The molecule has 0 radical (unpaired) electrons. The summed E-state index contributed by atoms with van der Waals surface area (Å²) in [6.07, 6.45) is 6.81. The molecule has 1 spiro atoms. The zero-order valence-electron chi connectivity index (χ0n) is 16.4. The second-order valence-corrected chi connectivity index (χ2v) is 7.54. The number of nitrogens with zero attached hydrogens (tertiary/aromatic N) is 6. The fourth-order valence-corrected chi connectivity index (χ4v) is 4.10. The maximum absolute atomic E-state index is 12.4. The topological polar surface area (TPSA) is 79.8 Å². The Hall–Kier alpha value is -3.60. The van der Waals surface area contributed by atoms with Crippen molar-refractivity contribution in [3.8, 4) is 11.8 Å². The van der Waals surface area contributed by atoms with Crippen LogP contribution in [-0.2, 0) is 11.8 Å². The Morgan fingerprint density at radius 2 is 2.00 bits per heavy atom. The van der Waals surface area contributed by atoms with Crippen LogP contribution >= 0.6 is 0 Å². The van der Waals surface area contributed by atoms with Crippen LogP contribution in [0.3, 0.4) is 0 Å². The third kappa shape index (κ3) is 2.95. The fraction of sp³-hybridized carbons (Fsp3) is 0.333. The van der Waals surface area contributed by atoms with Gasteiger partial charge in [0, 0.05) is 26.3 Å². The second-order valence-electron chi connectivity index (χ2n) is 7.54. The van der Waals surface area contributed by atoms with Crippen LogP contribution in [0.1, 0.15) is 31.0 Å². The molecule has 1 amide bonds. The third-order valence-electron chi connectivity index (χ3n) is 5.56. The van der Waals surface area contributed by atoms with E-state index in [1.807, 2.05) is 32.3 Å². The summed E-state index contributed by atoms with van der Waals surface area (Å²) in [7, 11) is 1.87. The van der Waals surface area contributed by atoms with Gasteiger partial charge in [-0.25, -0.2) is 4.98 Å². The summed E-state index contributed by atoms with van der Waals surface area (Å²) in [6, 6.07) is 6.05. The average molecular weight is 387 g/mol. The average Bonchev–Trinajstić information content (AvgIpc) is 3.39. The van der Waals surface area contributed by atoms with Crippen molar-refractivity contribution < 1.29 is 4.79 Å². The summed E-state index contributed by atoms with van der Waals surface area (Å²) in [5.74, 6) is 8.15. The van der Waals surface area contributed by atoms with Crippen molar-refractivity contribution in [1.82, 2.24) is 24.5 Å². The molecule has 146 valence electrons. The molecule has 0 bridgehead atoms. The summed E-state index contributed by atoms with van der Waals surface area (Å²) in [6.45, 7) is 3.34. The van der Waals surface area contributed by atoms with Crippen molar-refractivity contribution in [2.75, 3.05) is 18.0 Å². The highest BCUT2D eigenvalue weighted by atomic mass is 16.2. The van der Waals surface area contributed by atoms with E-state index in [9.17, 15) is 4.79 Å². The minimum Gasteiger partial charge on any atom is -0.357 e. The minimum atomic E-state index is -0.605. The van der Waals surface area contributed by atoms with Gasteiger partial charge in [-0.2, -0.15) is 5.10 Å². The van der Waals surface area contributed by atoms with Crippen LogP contribution in [0.15, 0.2) is 41.8 Å². The lowest BCUT2D eigenvalue weighted by atomic mass is 9.88. The molecular formula is C21H21N7O. The van der Waals surface area contributed by atoms with Crippen molar-refractivity contribution in [2.45, 2.75) is 25.3 Å². The standard InChI is InChI=1S/C21H21N7O/c1-15-24-20(29)21(25-15)8-10-27(11-9-21)19-5-3-4-18-22-13-17(28(18)19)7-6-16-12-23-26(2)14-16/h3-5,12-14H,8-11H2,1-2H3,(H,24,25,29). The smallest absolute Gasteiger partial charge is 0.253 e. The van der Waals surface area contributed by atoms with Gasteiger partial charge in [0.15, 0.2) is 0 Å². The van der Waals surface area contributed by atoms with Crippen molar-refractivity contribution in [3.05, 3.63) is 48.0 Å². The third-order valence-corrected chi connectivity index (χ3v) is 5.56. The van der Waals surface area contributed by atoms with Crippen molar-refractivity contribution in [2.24, 2.45) is 12.0 Å². The zero-order valence-corrected chi connectivity index (χ0v) is 16.4. The molecule has 1 saturated heterocycles. The Bertz CT molecular complexity index is 1200. The first-order valence-electron chi connectivity index (χ1n) is 9.64. The molecule has 0 aliphatic carbocycles. The molecule has 0 aromatic carbocycles. The van der Waals surface area contributed by atoms with Crippen LogP contribution in [0.5, 0.6) is 0 Å². The number of amides is 1. The van der Waals surface area contributed by atoms with E-state index in [1.54, 1.807) is 17.1 Å². The van der Waals surface area contributed by atoms with Gasteiger partial charge in [0.2, 0.25) is 0 Å². The van der Waals surface area contributed by atoms with Gasteiger partial charge in [0.25, 0.3) is 5.91 Å². The van der Waals surface area contributed by atoms with E-state index in [1.165, 1.54) is 0 Å². The van der Waals surface area contributed by atoms with Gasteiger partial charge >= 0.3 is 0 Å². The van der Waals surface area contributed by atoms with E-state index in [4.69, 9.17) is 0 Å². The van der Waals surface area contributed by atoms with Gasteiger partial charge < -0.3 is 10.2 Å². The Kier molecular flexibility index (Phi) is 3.91. The molecule has 2 aliphatic rings. The van der Waals surface area contributed by atoms with Crippen LogP contribution in [-0.4, -0.2) is 49.5 Å². The number of nitrogens with one attached hydrogen (secondary N) is 1. The van der Waals surface area contributed by atoms with Gasteiger partial charge in [-0.1, -0.05) is 12.0 Å². The number of fused-ring (bicyclic) bond motifs is 1. The van der Waals surface area contributed by atoms with E-state index in [0.717, 1.165) is 35.8 Å². The van der Waals surface area contributed by atoms with Gasteiger partial charge in [0.05, 0.1) is 18.0 Å². The number of carbonyl (C=O) groups is 1. The molecule has 8 heteroatoms. The molecule has 5 heterocycles. The van der Waals surface area contributed by atoms with Crippen molar-refractivity contribution in [3.63, 3.8) is 0 Å². The molecule has 3 aromatic rings. The van der Waals surface area contributed by atoms with Crippen molar-refractivity contribution >= 4 is 23.2 Å². The number of hydrogen-bond acceptors (Lipinski definition) is 5.